The number of fused-ring (bicyclic) bond motifs is 10. The van der Waals surface area contributed by atoms with E-state index < -0.39 is 61.7 Å². The molecule has 0 saturated heterocycles. The molecule has 2 aromatic rings. The second kappa shape index (κ2) is 33.6. The predicted octanol–water partition coefficient (Wildman–Crippen LogP) is 22.2. The zero-order valence-electron chi connectivity index (χ0n) is 53.8. The van der Waals surface area contributed by atoms with Gasteiger partial charge in [0.2, 0.25) is 0 Å². The van der Waals surface area contributed by atoms with Crippen molar-refractivity contribution in [3.63, 3.8) is 0 Å². The summed E-state index contributed by atoms with van der Waals surface area (Å²) in [5.41, 5.74) is -5.43. The molecule has 0 amide bonds. The van der Waals surface area contributed by atoms with Crippen LogP contribution in [0.2, 0.25) is 0 Å². The van der Waals surface area contributed by atoms with Crippen LogP contribution < -0.4 is 9.47 Å². The number of hydrogen-bond acceptors (Lipinski definition) is 10. The Morgan fingerprint density at radius 1 is 0.398 bits per heavy atom. The van der Waals surface area contributed by atoms with Crippen LogP contribution in [-0.4, -0.2) is 117 Å². The highest BCUT2D eigenvalue weighted by atomic mass is 33.1. The zero-order valence-corrected chi connectivity index (χ0v) is 57.1. The predicted molar refractivity (Wildman–Crippen MR) is 340 cm³/mol. The summed E-state index contributed by atoms with van der Waals surface area (Å²) in [5.74, 6) is 8.35. The van der Waals surface area contributed by atoms with Crippen molar-refractivity contribution in [3.05, 3.63) is 58.7 Å². The van der Waals surface area contributed by atoms with Crippen molar-refractivity contribution >= 4 is 43.2 Å². The molecule has 6 aliphatic carbocycles. The molecule has 6 nitrogen and oxygen atoms in total. The summed E-state index contributed by atoms with van der Waals surface area (Å²) in [4.78, 5) is 0. The monoisotopic (exact) mass is 1420 g/mol. The highest BCUT2D eigenvalue weighted by Crippen LogP contribution is 2.64. The number of ether oxygens (including phenoxy) is 6. The van der Waals surface area contributed by atoms with Crippen molar-refractivity contribution in [1.29, 1.82) is 0 Å². The van der Waals surface area contributed by atoms with Crippen LogP contribution in [0.4, 0.5) is 65.9 Å². The van der Waals surface area contributed by atoms with E-state index in [1.807, 2.05) is 43.2 Å². The second-order valence-electron chi connectivity index (χ2n) is 27.3. The summed E-state index contributed by atoms with van der Waals surface area (Å²) in [6.45, 7) is 3.31. The normalized spacial score (nSPS) is 26.7. The Bertz CT molecular complexity index is 2560. The van der Waals surface area contributed by atoms with Crippen LogP contribution in [0.15, 0.2) is 36.4 Å². The average molecular weight is 1420 g/mol. The summed E-state index contributed by atoms with van der Waals surface area (Å²) in [5, 5.41) is 0. The minimum absolute atomic E-state index is 0.0352. The van der Waals surface area contributed by atoms with Gasteiger partial charge >= 0.3 is 36.5 Å². The zero-order chi connectivity index (χ0) is 67.4. The molecule has 0 N–H and O–H groups in total. The Morgan fingerprint density at radius 2 is 0.763 bits per heavy atom. The number of unbranched alkanes of at least 4 members (excludes halogenated alkanes) is 11. The minimum atomic E-state index is -6.75. The molecule has 0 spiro atoms. The first kappa shape index (κ1) is 77.0. The number of rotatable bonds is 37. The van der Waals surface area contributed by atoms with Crippen molar-refractivity contribution in [1.82, 2.24) is 0 Å². The molecule has 0 aromatic heterocycles. The minimum Gasteiger partial charge on any atom is -0.493 e. The van der Waals surface area contributed by atoms with Crippen LogP contribution in [0.5, 0.6) is 11.5 Å². The quantitative estimate of drug-likeness (QED) is 0.0371. The maximum Gasteiger partial charge on any atom is 0.435 e. The fourth-order valence-corrected chi connectivity index (χ4v) is 20.5. The standard InChI is InChI=1S/C68H95F15O6S4/c1-60-32-30-52-50-24-20-48(44-46(50)18-22-54(52)56(60)26-28-58(60)86-34-16-36-88-62(3,64(69,70)71)65(72,73)74)84-38-42-92-90-40-14-12-10-8-6-4-5-7-9-11-13-15-41-91-93-43-39-85-49-21-25-51-47(45-49)19-23-55-53(51)31-33-61(2)57(55)27-29-59(61)87-35-17-37-89-63(66(75,76)77,67(78,79)80)68(81,82)83/h20-21,24-25,44-45,52-59H,4-19,22-23,26-43H2,1-3H3. The number of hydrogen-bond donors (Lipinski definition) is 0. The summed E-state index contributed by atoms with van der Waals surface area (Å²) in [6, 6.07) is 13.0. The molecule has 0 heterocycles. The van der Waals surface area contributed by atoms with E-state index in [9.17, 15) is 65.9 Å². The van der Waals surface area contributed by atoms with Gasteiger partial charge in [0.1, 0.15) is 11.5 Å². The van der Waals surface area contributed by atoms with Crippen molar-refractivity contribution in [3.8, 4) is 11.5 Å². The van der Waals surface area contributed by atoms with E-state index in [4.69, 9.17) is 18.9 Å². The average Bonchev–Trinajstić information content (AvgIpc) is 1.74. The van der Waals surface area contributed by atoms with Gasteiger partial charge in [-0.3, -0.25) is 0 Å². The number of alkyl halides is 15. The first-order chi connectivity index (χ1) is 44.0. The molecule has 8 rings (SSSR count). The molecule has 4 fully saturated rings. The van der Waals surface area contributed by atoms with E-state index in [0.29, 0.717) is 55.1 Å². The van der Waals surface area contributed by atoms with Crippen LogP contribution in [0.1, 0.15) is 209 Å². The Kier molecular flexibility index (Phi) is 27.8. The van der Waals surface area contributed by atoms with Crippen molar-refractivity contribution in [2.24, 2.45) is 34.5 Å². The van der Waals surface area contributed by atoms with E-state index in [1.54, 1.807) is 0 Å². The van der Waals surface area contributed by atoms with Gasteiger partial charge in [-0.25, -0.2) is 0 Å². The highest BCUT2D eigenvalue weighted by molar-refractivity contribution is 8.77. The maximum absolute atomic E-state index is 13.3. The van der Waals surface area contributed by atoms with E-state index >= 15 is 0 Å². The van der Waals surface area contributed by atoms with Crippen LogP contribution in [0.25, 0.3) is 0 Å². The van der Waals surface area contributed by atoms with Crippen LogP contribution in [0, 0.1) is 34.5 Å². The van der Waals surface area contributed by atoms with Gasteiger partial charge in [-0.05, 0) is 203 Å². The van der Waals surface area contributed by atoms with Gasteiger partial charge in [0, 0.05) is 36.2 Å². The highest BCUT2D eigenvalue weighted by Gasteiger charge is 2.85. The lowest BCUT2D eigenvalue weighted by Crippen LogP contribution is -2.67. The molecule has 6 aliphatic rings. The molecular formula is C68H95F15O6S4. The largest absolute Gasteiger partial charge is 0.493 e. The summed E-state index contributed by atoms with van der Waals surface area (Å²) >= 11 is 0. The molecule has 0 aliphatic heterocycles. The lowest BCUT2D eigenvalue weighted by molar-refractivity contribution is -0.457. The Balaban J connectivity index is 0.575. The van der Waals surface area contributed by atoms with Crippen molar-refractivity contribution in [2.75, 3.05) is 62.7 Å². The number of halogens is 15. The lowest BCUT2D eigenvalue weighted by Gasteiger charge is -2.50. The molecule has 10 unspecified atom stereocenters. The molecule has 25 heteroatoms. The smallest absolute Gasteiger partial charge is 0.435 e. The van der Waals surface area contributed by atoms with E-state index in [2.05, 4.69) is 59.7 Å². The molecule has 0 radical (unpaired) electrons. The van der Waals surface area contributed by atoms with Crippen LogP contribution >= 0.6 is 43.2 Å². The SMILES string of the molecule is CC12CCC3c4ccc(OCCSSCCCCCCCCCCCCCCSSCCOc5ccc6c(c5)CCC5C6CCC6(C)C(OCCCOC(C(F)(F)F)(C(F)(F)F)C(F)(F)F)CCC56)cc4CCC3C1CCC2OCCCOC(C)(C(F)(F)F)C(F)(F)F. The summed E-state index contributed by atoms with van der Waals surface area (Å²) < 4.78 is 231. The molecule has 2 aromatic carbocycles. The molecule has 10 atom stereocenters. The third-order valence-electron chi connectivity index (χ3n) is 21.7. The molecule has 532 valence electrons. The first-order valence-corrected chi connectivity index (χ1v) is 38.8. The molecular weight excluding hydrogens is 1330 g/mol. The van der Waals surface area contributed by atoms with Gasteiger partial charge < -0.3 is 28.4 Å². The molecule has 4 saturated carbocycles. The Hall–Kier alpha value is -1.77. The van der Waals surface area contributed by atoms with Crippen LogP contribution in [-0.2, 0) is 31.8 Å². The molecule has 0 bridgehead atoms. The van der Waals surface area contributed by atoms with E-state index in [-0.39, 0.29) is 49.6 Å². The van der Waals surface area contributed by atoms with Gasteiger partial charge in [0.25, 0.3) is 5.60 Å². The third kappa shape index (κ3) is 18.6. The Morgan fingerprint density at radius 3 is 1.14 bits per heavy atom. The fourth-order valence-electron chi connectivity index (χ4n) is 16.6. The first-order valence-electron chi connectivity index (χ1n) is 33.8. The second-order valence-corrected chi connectivity index (χ2v) is 32.8. The lowest BCUT2D eigenvalue weighted by atomic mass is 9.55. The van der Waals surface area contributed by atoms with Gasteiger partial charge in [0.15, 0.2) is 0 Å². The number of aryl methyl sites for hydroxylation is 2. The summed E-state index contributed by atoms with van der Waals surface area (Å²) in [6.07, 6.45) is -5.96. The van der Waals surface area contributed by atoms with E-state index in [1.165, 1.54) is 99.3 Å². The molecule has 93 heavy (non-hydrogen) atoms. The number of benzene rings is 2. The Labute approximate surface area is 555 Å². The van der Waals surface area contributed by atoms with Crippen molar-refractivity contribution in [2.45, 2.75) is 254 Å². The van der Waals surface area contributed by atoms with Gasteiger partial charge in [-0.1, -0.05) is 133 Å². The van der Waals surface area contributed by atoms with Crippen LogP contribution in [0.3, 0.4) is 0 Å². The van der Waals surface area contributed by atoms with E-state index in [0.717, 1.165) is 105 Å². The maximum atomic E-state index is 13.3. The van der Waals surface area contributed by atoms with Gasteiger partial charge in [0.05, 0.1) is 38.6 Å². The van der Waals surface area contributed by atoms with Crippen molar-refractivity contribution < 1.29 is 94.3 Å². The third-order valence-corrected chi connectivity index (χ3v) is 26.6. The topological polar surface area (TPSA) is 55.4 Å². The summed E-state index contributed by atoms with van der Waals surface area (Å²) in [7, 11) is 7.57. The fraction of sp³-hybridized carbons (Fsp3) is 0.824. The van der Waals surface area contributed by atoms with Gasteiger partial charge in [-0.15, -0.1) is 0 Å². The van der Waals surface area contributed by atoms with Gasteiger partial charge in [-0.2, -0.15) is 65.9 Å².